The number of benzene rings is 1. The maximum Gasteiger partial charge on any atom is 0.122 e. The first-order valence-corrected chi connectivity index (χ1v) is 5.69. The van der Waals surface area contributed by atoms with Gasteiger partial charge in [0, 0.05) is 0 Å². The lowest BCUT2D eigenvalue weighted by atomic mass is 10.0. The van der Waals surface area contributed by atoms with Gasteiger partial charge in [0.1, 0.15) is 11.6 Å². The Balaban J connectivity index is 2.32. The van der Waals surface area contributed by atoms with Crippen LogP contribution in [0.1, 0.15) is 24.9 Å². The highest BCUT2D eigenvalue weighted by Crippen LogP contribution is 2.25. The van der Waals surface area contributed by atoms with Crippen LogP contribution in [0.4, 0.5) is 5.82 Å². The molecule has 0 amide bonds. The summed E-state index contributed by atoms with van der Waals surface area (Å²) in [5, 5.41) is 4.27. The van der Waals surface area contributed by atoms with Crippen LogP contribution >= 0.6 is 0 Å². The third-order valence-corrected chi connectivity index (χ3v) is 2.88. The number of hydrogen-bond acceptors (Lipinski definition) is 3. The predicted octanol–water partition coefficient (Wildman–Crippen LogP) is 2.47. The Labute approximate surface area is 101 Å². The molecule has 0 spiro atoms. The highest BCUT2D eigenvalue weighted by Gasteiger charge is 2.14. The van der Waals surface area contributed by atoms with Crippen molar-refractivity contribution in [3.8, 4) is 5.75 Å². The van der Waals surface area contributed by atoms with E-state index in [0.717, 1.165) is 12.2 Å². The van der Waals surface area contributed by atoms with E-state index < -0.39 is 0 Å². The monoisotopic (exact) mass is 231 g/mol. The number of rotatable bonds is 4. The van der Waals surface area contributed by atoms with Gasteiger partial charge in [0.15, 0.2) is 0 Å². The first kappa shape index (κ1) is 11.5. The van der Waals surface area contributed by atoms with Crippen molar-refractivity contribution in [3.63, 3.8) is 0 Å². The molecule has 0 saturated heterocycles. The van der Waals surface area contributed by atoms with Gasteiger partial charge in [-0.05, 0) is 30.2 Å². The zero-order valence-electron chi connectivity index (χ0n) is 10.1. The smallest absolute Gasteiger partial charge is 0.122 e. The third-order valence-electron chi connectivity index (χ3n) is 2.88. The molecule has 0 aliphatic carbocycles. The fourth-order valence-electron chi connectivity index (χ4n) is 1.96. The summed E-state index contributed by atoms with van der Waals surface area (Å²) in [5.41, 5.74) is 7.07. The van der Waals surface area contributed by atoms with Crippen molar-refractivity contribution in [1.29, 1.82) is 0 Å². The van der Waals surface area contributed by atoms with Crippen molar-refractivity contribution in [2.45, 2.75) is 19.4 Å². The molecule has 4 heteroatoms. The van der Waals surface area contributed by atoms with Gasteiger partial charge in [-0.1, -0.05) is 19.1 Å². The summed E-state index contributed by atoms with van der Waals surface area (Å²) in [5.74, 6) is 1.55. The Kier molecular flexibility index (Phi) is 3.32. The van der Waals surface area contributed by atoms with Gasteiger partial charge >= 0.3 is 0 Å². The second-order valence-electron chi connectivity index (χ2n) is 3.90. The third kappa shape index (κ3) is 2.25. The van der Waals surface area contributed by atoms with Gasteiger partial charge in [-0.25, -0.2) is 4.68 Å². The zero-order chi connectivity index (χ0) is 12.3. The minimum absolute atomic E-state index is 0.177. The quantitative estimate of drug-likeness (QED) is 0.879. The summed E-state index contributed by atoms with van der Waals surface area (Å²) < 4.78 is 7.00. The summed E-state index contributed by atoms with van der Waals surface area (Å²) >= 11 is 0. The van der Waals surface area contributed by atoms with E-state index in [1.165, 1.54) is 5.56 Å². The van der Waals surface area contributed by atoms with E-state index >= 15 is 0 Å². The second-order valence-corrected chi connectivity index (χ2v) is 3.90. The molecule has 4 nitrogen and oxygen atoms in total. The van der Waals surface area contributed by atoms with Crippen molar-refractivity contribution in [3.05, 3.63) is 42.1 Å². The molecule has 1 aromatic carbocycles. The fourth-order valence-corrected chi connectivity index (χ4v) is 1.96. The Morgan fingerprint density at radius 1 is 1.29 bits per heavy atom. The molecule has 1 heterocycles. The molecule has 0 fully saturated rings. The minimum Gasteiger partial charge on any atom is -0.497 e. The average Bonchev–Trinajstić information content (AvgIpc) is 2.78. The topological polar surface area (TPSA) is 53.1 Å². The zero-order valence-corrected chi connectivity index (χ0v) is 10.1. The van der Waals surface area contributed by atoms with Crippen molar-refractivity contribution in [2.75, 3.05) is 12.8 Å². The lowest BCUT2D eigenvalue weighted by Gasteiger charge is -2.17. The van der Waals surface area contributed by atoms with Crippen LogP contribution in [0, 0.1) is 0 Å². The number of ether oxygens (including phenoxy) is 1. The lowest BCUT2D eigenvalue weighted by Crippen LogP contribution is -2.13. The van der Waals surface area contributed by atoms with E-state index in [0.29, 0.717) is 5.82 Å². The van der Waals surface area contributed by atoms with Crippen LogP contribution in [-0.4, -0.2) is 16.9 Å². The average molecular weight is 231 g/mol. The van der Waals surface area contributed by atoms with E-state index in [1.54, 1.807) is 13.3 Å². The summed E-state index contributed by atoms with van der Waals surface area (Å²) in [6.07, 6.45) is 2.67. The maximum absolute atomic E-state index is 5.89. The summed E-state index contributed by atoms with van der Waals surface area (Å²) in [6, 6.07) is 10.00. The molecule has 1 atom stereocenters. The summed E-state index contributed by atoms with van der Waals surface area (Å²) in [6.45, 7) is 2.12. The van der Waals surface area contributed by atoms with Crippen LogP contribution in [0.3, 0.4) is 0 Å². The largest absolute Gasteiger partial charge is 0.497 e. The number of nitrogen functional groups attached to an aromatic ring is 1. The summed E-state index contributed by atoms with van der Waals surface area (Å²) in [7, 11) is 1.66. The molecule has 0 bridgehead atoms. The predicted molar refractivity (Wildman–Crippen MR) is 68.1 cm³/mol. The Morgan fingerprint density at radius 2 is 2.00 bits per heavy atom. The molecular weight excluding hydrogens is 214 g/mol. The molecule has 0 radical (unpaired) electrons. The second kappa shape index (κ2) is 4.91. The number of hydrogen-bond donors (Lipinski definition) is 1. The molecule has 0 aliphatic heterocycles. The number of methoxy groups -OCH3 is 1. The molecule has 0 saturated carbocycles. The van der Waals surface area contributed by atoms with Crippen LogP contribution in [0.5, 0.6) is 5.75 Å². The van der Waals surface area contributed by atoms with Crippen LogP contribution in [0.25, 0.3) is 0 Å². The highest BCUT2D eigenvalue weighted by molar-refractivity contribution is 5.33. The number of nitrogens with two attached hydrogens (primary N) is 1. The molecule has 90 valence electrons. The van der Waals surface area contributed by atoms with Crippen molar-refractivity contribution < 1.29 is 4.74 Å². The standard InChI is InChI=1S/C13H17N3O/c1-3-12(16-13(14)8-9-15-16)10-4-6-11(17-2)7-5-10/h4-9,12H,3,14H2,1-2H3. The molecule has 2 N–H and O–H groups in total. The first-order chi connectivity index (χ1) is 8.26. The van der Waals surface area contributed by atoms with E-state index in [9.17, 15) is 0 Å². The van der Waals surface area contributed by atoms with Crippen LogP contribution < -0.4 is 10.5 Å². The molecule has 17 heavy (non-hydrogen) atoms. The van der Waals surface area contributed by atoms with E-state index in [1.807, 2.05) is 35.0 Å². The molecule has 1 unspecified atom stereocenters. The van der Waals surface area contributed by atoms with Gasteiger partial charge in [0.25, 0.3) is 0 Å². The van der Waals surface area contributed by atoms with Gasteiger partial charge in [-0.2, -0.15) is 5.10 Å². The number of aromatic nitrogens is 2. The molecule has 1 aromatic heterocycles. The van der Waals surface area contributed by atoms with Gasteiger partial charge < -0.3 is 10.5 Å². The van der Waals surface area contributed by atoms with E-state index in [4.69, 9.17) is 10.5 Å². The van der Waals surface area contributed by atoms with E-state index in [2.05, 4.69) is 12.0 Å². The normalized spacial score (nSPS) is 12.4. The number of nitrogens with zero attached hydrogens (tertiary/aromatic N) is 2. The lowest BCUT2D eigenvalue weighted by molar-refractivity contribution is 0.414. The molecule has 0 aliphatic rings. The highest BCUT2D eigenvalue weighted by atomic mass is 16.5. The van der Waals surface area contributed by atoms with Gasteiger partial charge in [0.05, 0.1) is 19.3 Å². The summed E-state index contributed by atoms with van der Waals surface area (Å²) in [4.78, 5) is 0. The Bertz CT molecular complexity index is 476. The molecular formula is C13H17N3O. The van der Waals surface area contributed by atoms with Gasteiger partial charge in [0.2, 0.25) is 0 Å². The minimum atomic E-state index is 0.177. The first-order valence-electron chi connectivity index (χ1n) is 5.69. The van der Waals surface area contributed by atoms with E-state index in [-0.39, 0.29) is 6.04 Å². The van der Waals surface area contributed by atoms with Crippen LogP contribution in [0.15, 0.2) is 36.5 Å². The maximum atomic E-state index is 5.89. The Morgan fingerprint density at radius 3 is 2.47 bits per heavy atom. The van der Waals surface area contributed by atoms with Crippen LogP contribution in [-0.2, 0) is 0 Å². The van der Waals surface area contributed by atoms with Gasteiger partial charge in [-0.15, -0.1) is 0 Å². The van der Waals surface area contributed by atoms with Crippen molar-refractivity contribution in [1.82, 2.24) is 9.78 Å². The van der Waals surface area contributed by atoms with Crippen molar-refractivity contribution >= 4 is 5.82 Å². The van der Waals surface area contributed by atoms with Crippen molar-refractivity contribution in [2.24, 2.45) is 0 Å². The van der Waals surface area contributed by atoms with Crippen LogP contribution in [0.2, 0.25) is 0 Å². The number of anilines is 1. The molecule has 2 aromatic rings. The fraction of sp³-hybridized carbons (Fsp3) is 0.308. The Hall–Kier alpha value is -1.97. The van der Waals surface area contributed by atoms with Gasteiger partial charge in [-0.3, -0.25) is 0 Å². The molecule has 2 rings (SSSR count). The SMILES string of the molecule is CCC(c1ccc(OC)cc1)n1nccc1N.